The van der Waals surface area contributed by atoms with Gasteiger partial charge in [0.15, 0.2) is 0 Å². The molecule has 2 aliphatic rings. The molecule has 7 nitrogen and oxygen atoms in total. The summed E-state index contributed by atoms with van der Waals surface area (Å²) in [5, 5.41) is 3.23. The number of halogens is 1. The van der Waals surface area contributed by atoms with Crippen LogP contribution in [0.4, 0.5) is 11.4 Å². The number of carbonyl (C=O) groups excluding carboxylic acids is 3. The number of nitrogens with zero attached hydrogens (tertiary/aromatic N) is 2. The Hall–Kier alpha value is -3.06. The highest BCUT2D eigenvalue weighted by Gasteiger charge is 2.52. The average Bonchev–Trinajstić information content (AvgIpc) is 3.06. The molecule has 0 bridgehead atoms. The molecular weight excluding hydrogens is 418 g/mol. The predicted molar refractivity (Wildman–Crippen MR) is 118 cm³/mol. The maximum atomic E-state index is 13.2. The number of para-hydroxylation sites is 1. The van der Waals surface area contributed by atoms with E-state index in [1.54, 1.807) is 40.1 Å². The number of methoxy groups -OCH3 is 1. The van der Waals surface area contributed by atoms with Gasteiger partial charge in [-0.1, -0.05) is 23.7 Å². The maximum absolute atomic E-state index is 13.2. The highest BCUT2D eigenvalue weighted by atomic mass is 35.5. The molecule has 0 spiro atoms. The number of fused-ring (bicyclic) bond motifs is 3. The van der Waals surface area contributed by atoms with Crippen LogP contribution >= 0.6 is 11.6 Å². The SMILES string of the molecule is COc1ccc(NC(=O)CCCN2C(=O)c3ccccc3N3C(=O)CC[C@@]23C)cc1Cl. The molecule has 8 heteroatoms. The van der Waals surface area contributed by atoms with Crippen LogP contribution < -0.4 is 15.0 Å². The zero-order valence-electron chi connectivity index (χ0n) is 17.5. The van der Waals surface area contributed by atoms with Crippen LogP contribution in [0.25, 0.3) is 0 Å². The minimum atomic E-state index is -0.706. The Kier molecular flexibility index (Phi) is 5.62. The normalized spacial score (nSPS) is 19.8. The minimum Gasteiger partial charge on any atom is -0.495 e. The predicted octanol–water partition coefficient (Wildman–Crippen LogP) is 4.07. The van der Waals surface area contributed by atoms with Gasteiger partial charge in [0.05, 0.1) is 23.4 Å². The molecule has 0 unspecified atom stereocenters. The summed E-state index contributed by atoms with van der Waals surface area (Å²) in [6.45, 7) is 2.30. The number of amides is 3. The molecule has 162 valence electrons. The highest BCUT2D eigenvalue weighted by Crippen LogP contribution is 2.44. The van der Waals surface area contributed by atoms with Gasteiger partial charge in [-0.15, -0.1) is 0 Å². The van der Waals surface area contributed by atoms with E-state index in [0.29, 0.717) is 53.5 Å². The van der Waals surface area contributed by atoms with Crippen LogP contribution in [0.1, 0.15) is 43.0 Å². The van der Waals surface area contributed by atoms with E-state index in [9.17, 15) is 14.4 Å². The lowest BCUT2D eigenvalue weighted by molar-refractivity contribution is -0.118. The quantitative estimate of drug-likeness (QED) is 0.733. The van der Waals surface area contributed by atoms with Crippen molar-refractivity contribution in [3.63, 3.8) is 0 Å². The number of nitrogens with one attached hydrogen (secondary N) is 1. The number of ether oxygens (including phenoxy) is 1. The molecule has 2 aromatic carbocycles. The molecule has 0 saturated carbocycles. The standard InChI is InChI=1S/C23H24ClN3O4/c1-23-12-11-21(29)27(23)18-7-4-3-6-16(18)22(30)26(23)13-5-8-20(28)25-15-9-10-19(31-2)17(24)14-15/h3-4,6-7,9-10,14H,5,8,11-13H2,1-2H3,(H,25,28)/t23-/m0/s1. The van der Waals surface area contributed by atoms with Crippen LogP contribution in [-0.2, 0) is 9.59 Å². The van der Waals surface area contributed by atoms with Gasteiger partial charge in [-0.2, -0.15) is 0 Å². The number of rotatable bonds is 6. The lowest BCUT2D eigenvalue weighted by atomic mass is 9.98. The van der Waals surface area contributed by atoms with Crippen LogP contribution in [0, 0.1) is 0 Å². The van der Waals surface area contributed by atoms with Crippen molar-refractivity contribution >= 4 is 40.7 Å². The van der Waals surface area contributed by atoms with Crippen molar-refractivity contribution in [3.8, 4) is 5.75 Å². The van der Waals surface area contributed by atoms with Crippen molar-refractivity contribution in [2.45, 2.75) is 38.3 Å². The zero-order chi connectivity index (χ0) is 22.2. The van der Waals surface area contributed by atoms with E-state index in [-0.39, 0.29) is 24.1 Å². The second-order valence-corrected chi connectivity index (χ2v) is 8.33. The Balaban J connectivity index is 1.43. The Labute approximate surface area is 185 Å². The van der Waals surface area contributed by atoms with E-state index < -0.39 is 5.66 Å². The van der Waals surface area contributed by atoms with Gasteiger partial charge in [0.1, 0.15) is 11.4 Å². The summed E-state index contributed by atoms with van der Waals surface area (Å²) >= 11 is 6.10. The van der Waals surface area contributed by atoms with Crippen LogP contribution in [0.3, 0.4) is 0 Å². The topological polar surface area (TPSA) is 79.0 Å². The first kappa shape index (κ1) is 21.2. The molecule has 1 saturated heterocycles. The number of carbonyl (C=O) groups is 3. The number of anilines is 2. The van der Waals surface area contributed by atoms with Gasteiger partial charge in [-0.05, 0) is 50.1 Å². The van der Waals surface area contributed by atoms with Gasteiger partial charge < -0.3 is 15.0 Å². The van der Waals surface area contributed by atoms with Crippen molar-refractivity contribution in [2.75, 3.05) is 23.9 Å². The van der Waals surface area contributed by atoms with Gasteiger partial charge >= 0.3 is 0 Å². The van der Waals surface area contributed by atoms with Crippen molar-refractivity contribution in [1.82, 2.24) is 4.90 Å². The minimum absolute atomic E-state index is 0.0153. The van der Waals surface area contributed by atoms with Gasteiger partial charge in [-0.3, -0.25) is 19.3 Å². The number of benzene rings is 2. The highest BCUT2D eigenvalue weighted by molar-refractivity contribution is 6.32. The fourth-order valence-corrected chi connectivity index (χ4v) is 4.66. The molecule has 31 heavy (non-hydrogen) atoms. The van der Waals surface area contributed by atoms with Crippen molar-refractivity contribution in [3.05, 3.63) is 53.1 Å². The molecule has 2 heterocycles. The second kappa shape index (κ2) is 8.23. The Morgan fingerprint density at radius 1 is 1.23 bits per heavy atom. The van der Waals surface area contributed by atoms with E-state index in [2.05, 4.69) is 5.32 Å². The molecule has 0 aromatic heterocycles. The molecule has 3 amide bonds. The molecule has 2 aromatic rings. The van der Waals surface area contributed by atoms with E-state index in [4.69, 9.17) is 16.3 Å². The second-order valence-electron chi connectivity index (χ2n) is 7.92. The Morgan fingerprint density at radius 2 is 2.00 bits per heavy atom. The van der Waals surface area contributed by atoms with Crippen LogP contribution in [0.2, 0.25) is 5.02 Å². The first-order valence-corrected chi connectivity index (χ1v) is 10.6. The van der Waals surface area contributed by atoms with Crippen LogP contribution in [0.5, 0.6) is 5.75 Å². The van der Waals surface area contributed by atoms with Crippen molar-refractivity contribution in [1.29, 1.82) is 0 Å². The van der Waals surface area contributed by atoms with Gasteiger partial charge in [0.2, 0.25) is 11.8 Å². The first-order valence-electron chi connectivity index (χ1n) is 10.2. The van der Waals surface area contributed by atoms with E-state index in [0.717, 1.165) is 0 Å². The van der Waals surface area contributed by atoms with Crippen molar-refractivity contribution < 1.29 is 19.1 Å². The summed E-state index contributed by atoms with van der Waals surface area (Å²) in [7, 11) is 1.53. The van der Waals surface area contributed by atoms with Crippen LogP contribution in [-0.4, -0.2) is 41.9 Å². The van der Waals surface area contributed by atoms with Crippen molar-refractivity contribution in [2.24, 2.45) is 0 Å². The van der Waals surface area contributed by atoms with Gasteiger partial charge in [-0.25, -0.2) is 0 Å². The lowest BCUT2D eigenvalue weighted by Crippen LogP contribution is -2.62. The molecule has 1 N–H and O–H groups in total. The average molecular weight is 442 g/mol. The van der Waals surface area contributed by atoms with Gasteiger partial charge in [0, 0.05) is 25.1 Å². The molecule has 0 radical (unpaired) electrons. The fraction of sp³-hybridized carbons (Fsp3) is 0.348. The summed E-state index contributed by atoms with van der Waals surface area (Å²) in [6.07, 6.45) is 1.68. The summed E-state index contributed by atoms with van der Waals surface area (Å²) < 4.78 is 5.11. The number of hydrogen-bond acceptors (Lipinski definition) is 4. The molecule has 1 atom stereocenters. The summed E-state index contributed by atoms with van der Waals surface area (Å²) in [6, 6.07) is 12.2. The zero-order valence-corrected chi connectivity index (χ0v) is 18.2. The monoisotopic (exact) mass is 441 g/mol. The molecule has 4 rings (SSSR count). The van der Waals surface area contributed by atoms with E-state index >= 15 is 0 Å². The lowest BCUT2D eigenvalue weighted by Gasteiger charge is -2.48. The van der Waals surface area contributed by atoms with E-state index in [1.165, 1.54) is 7.11 Å². The smallest absolute Gasteiger partial charge is 0.257 e. The Bertz CT molecular complexity index is 1060. The van der Waals surface area contributed by atoms with E-state index in [1.807, 2.05) is 19.1 Å². The summed E-state index contributed by atoms with van der Waals surface area (Å²) in [5.74, 6) is 0.274. The fourth-order valence-electron chi connectivity index (χ4n) is 4.41. The summed E-state index contributed by atoms with van der Waals surface area (Å²) in [4.78, 5) is 41.7. The summed E-state index contributed by atoms with van der Waals surface area (Å²) in [5.41, 5.74) is 1.07. The molecule has 0 aliphatic carbocycles. The maximum Gasteiger partial charge on any atom is 0.257 e. The molecule has 2 aliphatic heterocycles. The third kappa shape index (κ3) is 3.74. The number of hydrogen-bond donors (Lipinski definition) is 1. The molecule has 1 fully saturated rings. The molecular formula is C23H24ClN3O4. The van der Waals surface area contributed by atoms with Gasteiger partial charge in [0.25, 0.3) is 5.91 Å². The largest absolute Gasteiger partial charge is 0.495 e. The third-order valence-corrected chi connectivity index (χ3v) is 6.26. The Morgan fingerprint density at radius 3 is 2.74 bits per heavy atom. The first-order chi connectivity index (χ1) is 14.8. The third-order valence-electron chi connectivity index (χ3n) is 5.97. The van der Waals surface area contributed by atoms with Crippen LogP contribution in [0.15, 0.2) is 42.5 Å².